The molecule has 4 unspecified atom stereocenters. The summed E-state index contributed by atoms with van der Waals surface area (Å²) < 4.78 is 116. The van der Waals surface area contributed by atoms with Crippen LogP contribution in [-0.2, 0) is 39.0 Å². The molecule has 5 amide bonds. The largest absolute Gasteiger partial charge is 0.501 e. The second-order valence-electron chi connectivity index (χ2n) is 31.2. The summed E-state index contributed by atoms with van der Waals surface area (Å²) in [5.41, 5.74) is 1.13. The van der Waals surface area contributed by atoms with E-state index in [9.17, 15) is 59.1 Å². The zero-order valence-electron chi connectivity index (χ0n) is 62.0. The standard InChI is InChI=1S/C79H97ClF4N10O10S4/c1-50(52-18-20-53(21-19-52)72-51(2)85-49-106-72)86-75(99)68-39-61(95)47-94(68)76(100)73(77(3,4)5)88-70(96)16-12-9-13-17-71(97)93-45-56-43-91(44-57(56)46-93)33-31-59(48-105-62-14-10-8-11-15-62)87-67-29-27-63(40-69(67)107(101,102)79(82,83)84)108(103,104)89-74(98)54-22-25-60(26-23-54)92-36-34-90(35-37-92)42-55-41-78(6,7)32-30-64(55)65-28-24-58(80)38-66(65)81/h8,10-11,14-15,18-29,38,40,49-50,56-57,59,61,68,73,87,95H,9,12-13,16-17,30-37,39,41-48H2,1-7H3,(H,86,99)(H,88,96)(H,89,98)/t50-,56?,57?,59+,61?,68?,73+/m0/s1. The molecule has 1 aliphatic carbocycles. The number of rotatable bonds is 28. The average Bonchev–Trinajstić information content (AvgIpc) is 1.07. The molecule has 7 atom stereocenters. The van der Waals surface area contributed by atoms with Gasteiger partial charge in [-0.15, -0.1) is 23.1 Å². The van der Waals surface area contributed by atoms with Crippen molar-refractivity contribution in [1.29, 1.82) is 0 Å². The molecule has 4 fully saturated rings. The van der Waals surface area contributed by atoms with Gasteiger partial charge in [-0.05, 0) is 158 Å². The Morgan fingerprint density at radius 1 is 0.806 bits per heavy atom. The van der Waals surface area contributed by atoms with Crippen molar-refractivity contribution in [3.8, 4) is 10.4 Å². The fraction of sp³-hybridized carbons (Fsp3) is 0.494. The number of aliphatic hydroxyl groups is 1. The van der Waals surface area contributed by atoms with Gasteiger partial charge in [0.2, 0.25) is 23.6 Å². The molecule has 20 nitrogen and oxygen atoms in total. The number of unbranched alkanes of at least 4 members (excludes halogenated alkanes) is 2. The SMILES string of the molecule is Cc1ncsc1-c1ccc([C@H](C)NC(=O)C2CC(O)CN2C(=O)[C@@H](NC(=O)CCCCCC(=O)N2CC3CN(CC[C@H](CSc4ccccc4)Nc4ccc(S(=O)(=O)NC(=O)c5ccc(N6CCN(CC7=C(c8ccc(Cl)cc8F)CCC(C)(C)C7)CC6)cc5)cc4S(=O)(=O)C(F)(F)F)CC3C2)C(C)(C)C)cc1. The van der Waals surface area contributed by atoms with Gasteiger partial charge in [0, 0.05) is 130 Å². The third-order valence-corrected chi connectivity index (χ3v) is 26.7. The fourth-order valence-electron chi connectivity index (χ4n) is 15.3. The number of aryl methyl sites for hydroxylation is 1. The van der Waals surface area contributed by atoms with Gasteiger partial charge in [0.25, 0.3) is 25.8 Å². The molecule has 29 heteroatoms. The molecule has 0 radical (unpaired) electrons. The molecule has 11 rings (SSSR count). The number of hydrogen-bond donors (Lipinski definition) is 5. The number of carbonyl (C=O) groups is 5. The van der Waals surface area contributed by atoms with Gasteiger partial charge in [0.05, 0.1) is 38.8 Å². The zero-order chi connectivity index (χ0) is 77.6. The lowest BCUT2D eigenvalue weighted by Gasteiger charge is -2.39. The number of β-amino-alcohol motifs (C(OH)–C–C–N with tert-alkyl or cyclic N) is 1. The van der Waals surface area contributed by atoms with Crippen LogP contribution in [0.25, 0.3) is 16.0 Å². The predicted molar refractivity (Wildman–Crippen MR) is 414 cm³/mol. The van der Waals surface area contributed by atoms with Crippen molar-refractivity contribution in [2.75, 3.05) is 88.0 Å². The predicted octanol–water partition coefficient (Wildman–Crippen LogP) is 12.8. The van der Waals surface area contributed by atoms with Gasteiger partial charge < -0.3 is 40.7 Å². The number of benzene rings is 5. The Morgan fingerprint density at radius 3 is 2.14 bits per heavy atom. The summed E-state index contributed by atoms with van der Waals surface area (Å²) >= 11 is 9.05. The molecule has 582 valence electrons. The summed E-state index contributed by atoms with van der Waals surface area (Å²) in [4.78, 5) is 82.9. The monoisotopic (exact) mass is 1580 g/mol. The summed E-state index contributed by atoms with van der Waals surface area (Å²) in [7, 11) is -11.2. The number of fused-ring (bicyclic) bond motifs is 1. The molecule has 0 saturated carbocycles. The lowest BCUT2D eigenvalue weighted by molar-refractivity contribution is -0.144. The van der Waals surface area contributed by atoms with Crippen molar-refractivity contribution in [2.45, 2.75) is 163 Å². The minimum absolute atomic E-state index is 0.000520. The van der Waals surface area contributed by atoms with E-state index in [-0.39, 0.29) is 72.0 Å². The van der Waals surface area contributed by atoms with E-state index in [4.69, 9.17) is 11.6 Å². The molecule has 0 bridgehead atoms. The van der Waals surface area contributed by atoms with E-state index in [1.54, 1.807) is 41.1 Å². The van der Waals surface area contributed by atoms with Crippen LogP contribution in [0.1, 0.15) is 139 Å². The highest BCUT2D eigenvalue weighted by Crippen LogP contribution is 2.45. The molecule has 108 heavy (non-hydrogen) atoms. The number of piperazine rings is 1. The van der Waals surface area contributed by atoms with Crippen molar-refractivity contribution in [1.82, 2.24) is 39.9 Å². The Balaban J connectivity index is 0.645. The number of halogens is 5. The Hall–Kier alpha value is -7.44. The average molecular weight is 1590 g/mol. The van der Waals surface area contributed by atoms with Gasteiger partial charge in [0.1, 0.15) is 22.8 Å². The number of nitrogens with one attached hydrogen (secondary N) is 4. The molecule has 6 aromatic rings. The number of amides is 5. The number of thioether (sulfide) groups is 1. The topological polar surface area (TPSA) is 251 Å². The van der Waals surface area contributed by atoms with E-state index < -0.39 is 94.3 Å². The number of allylic oxidation sites excluding steroid dienone is 1. The number of hydrogen-bond acceptors (Lipinski definition) is 17. The number of sulfone groups is 1. The first-order valence-corrected chi connectivity index (χ1v) is 42.1. The van der Waals surface area contributed by atoms with Gasteiger partial charge >= 0.3 is 5.51 Å². The maximum absolute atomic E-state index is 15.2. The van der Waals surface area contributed by atoms with Crippen molar-refractivity contribution in [2.24, 2.45) is 22.7 Å². The molecule has 4 aliphatic heterocycles. The van der Waals surface area contributed by atoms with Crippen LogP contribution in [0.15, 0.2) is 141 Å². The summed E-state index contributed by atoms with van der Waals surface area (Å²) in [6, 6.07) is 27.5. The van der Waals surface area contributed by atoms with E-state index in [2.05, 4.69) is 49.5 Å². The Kier molecular flexibility index (Phi) is 26.0. The maximum Gasteiger partial charge on any atom is 0.501 e. The van der Waals surface area contributed by atoms with Crippen LogP contribution in [0.4, 0.5) is 28.9 Å². The summed E-state index contributed by atoms with van der Waals surface area (Å²) in [5, 5.41) is 20.1. The number of thiazole rings is 1. The van der Waals surface area contributed by atoms with E-state index >= 15 is 4.39 Å². The fourth-order valence-corrected chi connectivity index (χ4v) is 19.3. The van der Waals surface area contributed by atoms with E-state index in [0.717, 1.165) is 69.2 Å². The highest BCUT2D eigenvalue weighted by Gasteiger charge is 2.50. The van der Waals surface area contributed by atoms with Crippen LogP contribution in [0.3, 0.4) is 0 Å². The molecule has 0 spiro atoms. The number of aromatic nitrogens is 1. The first-order valence-electron chi connectivity index (χ1n) is 36.9. The highest BCUT2D eigenvalue weighted by molar-refractivity contribution is 7.99. The first kappa shape index (κ1) is 81.5. The number of aliphatic hydroxyl groups excluding tert-OH is 1. The minimum atomic E-state index is -6.19. The third kappa shape index (κ3) is 20.2. The van der Waals surface area contributed by atoms with Gasteiger partial charge in [-0.2, -0.15) is 13.2 Å². The Morgan fingerprint density at radius 2 is 1.49 bits per heavy atom. The maximum atomic E-state index is 15.2. The molecule has 1 aromatic heterocycles. The summed E-state index contributed by atoms with van der Waals surface area (Å²) in [5.74, 6) is -2.05. The summed E-state index contributed by atoms with van der Waals surface area (Å²) in [6.45, 7) is 19.8. The number of carbonyl (C=O) groups excluding carboxylic acids is 5. The van der Waals surface area contributed by atoms with Crippen LogP contribution < -0.4 is 25.6 Å². The van der Waals surface area contributed by atoms with Crippen LogP contribution in [0, 0.1) is 35.4 Å². The molecule has 5 heterocycles. The smallest absolute Gasteiger partial charge is 0.391 e. The van der Waals surface area contributed by atoms with E-state index in [1.807, 2.05) is 98.8 Å². The lowest BCUT2D eigenvalue weighted by Crippen LogP contribution is -2.57. The van der Waals surface area contributed by atoms with E-state index in [0.29, 0.717) is 108 Å². The van der Waals surface area contributed by atoms with E-state index in [1.165, 1.54) is 40.4 Å². The second-order valence-corrected chi connectivity index (χ2v) is 37.2. The number of sulfonamides is 1. The van der Waals surface area contributed by atoms with Crippen molar-refractivity contribution >= 4 is 101 Å². The Labute approximate surface area is 644 Å². The minimum Gasteiger partial charge on any atom is -0.391 e. The zero-order valence-corrected chi connectivity index (χ0v) is 66.0. The van der Waals surface area contributed by atoms with Gasteiger partial charge in [0.15, 0.2) is 0 Å². The van der Waals surface area contributed by atoms with Gasteiger partial charge in [-0.3, -0.25) is 28.9 Å². The number of nitrogens with zero attached hydrogens (tertiary/aromatic N) is 6. The van der Waals surface area contributed by atoms with Crippen LogP contribution in [0.5, 0.6) is 0 Å². The number of alkyl halides is 3. The van der Waals surface area contributed by atoms with Crippen molar-refractivity contribution in [3.05, 3.63) is 160 Å². The number of anilines is 2. The molecule has 5 aliphatic rings. The molecule has 5 N–H and O–H groups in total. The van der Waals surface area contributed by atoms with Crippen molar-refractivity contribution in [3.63, 3.8) is 0 Å². The van der Waals surface area contributed by atoms with Crippen molar-refractivity contribution < 1.29 is 63.5 Å². The third-order valence-electron chi connectivity index (χ3n) is 21.4. The second kappa shape index (κ2) is 34.4. The first-order chi connectivity index (χ1) is 51.1. The lowest BCUT2D eigenvalue weighted by atomic mass is 9.72. The number of likely N-dealkylation sites (tertiary alicyclic amines) is 3. The van der Waals surface area contributed by atoms with Crippen LogP contribution in [0.2, 0.25) is 5.02 Å². The van der Waals surface area contributed by atoms with Gasteiger partial charge in [-0.1, -0.05) is 107 Å². The van der Waals surface area contributed by atoms with Gasteiger partial charge in [-0.25, -0.2) is 30.9 Å². The highest BCUT2D eigenvalue weighted by atomic mass is 35.5. The summed E-state index contributed by atoms with van der Waals surface area (Å²) in [6.07, 6.45) is 3.94. The molecule has 4 saturated heterocycles. The van der Waals surface area contributed by atoms with Crippen LogP contribution >= 0.6 is 34.7 Å². The normalized spacial score (nSPS) is 20.3. The van der Waals surface area contributed by atoms with Crippen LogP contribution in [-0.4, -0.2) is 184 Å². The molecule has 5 aromatic carbocycles. The Bertz CT molecular complexity index is 4490. The molecular weight excluding hydrogens is 1490 g/mol. The quantitative estimate of drug-likeness (QED) is 0.0174. The molecular formula is C79H97ClF4N10O10S4.